The van der Waals surface area contributed by atoms with Crippen LogP contribution in [0.1, 0.15) is 40.5 Å². The highest BCUT2D eigenvalue weighted by atomic mass is 16.5. The SMILES string of the molecule is CC(CCCNC(C)(C)C)N1CCOCC1. The minimum atomic E-state index is 0.252. The molecule has 1 unspecified atom stereocenters. The third kappa shape index (κ3) is 5.83. The van der Waals surface area contributed by atoms with E-state index >= 15 is 0 Å². The fourth-order valence-electron chi connectivity index (χ4n) is 2.06. The molecule has 3 nitrogen and oxygen atoms in total. The molecular weight excluding hydrogens is 200 g/mol. The lowest BCUT2D eigenvalue weighted by atomic mass is 10.1. The van der Waals surface area contributed by atoms with Gasteiger partial charge in [0, 0.05) is 24.7 Å². The number of hydrogen-bond donors (Lipinski definition) is 1. The first-order chi connectivity index (χ1) is 7.49. The molecule has 0 bridgehead atoms. The van der Waals surface area contributed by atoms with Gasteiger partial charge in [-0.1, -0.05) is 0 Å². The fourth-order valence-corrected chi connectivity index (χ4v) is 2.06. The Hall–Kier alpha value is -0.120. The Morgan fingerprint density at radius 2 is 1.88 bits per heavy atom. The summed E-state index contributed by atoms with van der Waals surface area (Å²) >= 11 is 0. The summed E-state index contributed by atoms with van der Waals surface area (Å²) in [7, 11) is 0. The van der Waals surface area contributed by atoms with Gasteiger partial charge in [0.1, 0.15) is 0 Å². The molecule has 0 aliphatic carbocycles. The summed E-state index contributed by atoms with van der Waals surface area (Å²) in [6.45, 7) is 14.1. The summed E-state index contributed by atoms with van der Waals surface area (Å²) in [5.74, 6) is 0. The first kappa shape index (κ1) is 13.9. The van der Waals surface area contributed by atoms with Crippen molar-refractivity contribution >= 4 is 0 Å². The number of morpholine rings is 1. The van der Waals surface area contributed by atoms with Crippen molar-refractivity contribution in [2.24, 2.45) is 0 Å². The Morgan fingerprint density at radius 3 is 2.44 bits per heavy atom. The van der Waals surface area contributed by atoms with Gasteiger partial charge < -0.3 is 10.1 Å². The Kier molecular flexibility index (Phi) is 5.73. The second-order valence-electron chi connectivity index (χ2n) is 5.82. The molecule has 3 heteroatoms. The lowest BCUT2D eigenvalue weighted by Gasteiger charge is -2.32. The van der Waals surface area contributed by atoms with Crippen LogP contribution in [0, 0.1) is 0 Å². The standard InChI is InChI=1S/C13H28N2O/c1-12(15-8-10-16-11-9-15)6-5-7-14-13(2,3)4/h12,14H,5-11H2,1-4H3. The second kappa shape index (κ2) is 6.58. The van der Waals surface area contributed by atoms with E-state index in [0.717, 1.165) is 32.8 Å². The van der Waals surface area contributed by atoms with Gasteiger partial charge in [-0.05, 0) is 47.1 Å². The van der Waals surface area contributed by atoms with E-state index < -0.39 is 0 Å². The predicted molar refractivity (Wildman–Crippen MR) is 68.8 cm³/mol. The highest BCUT2D eigenvalue weighted by molar-refractivity contribution is 4.73. The summed E-state index contributed by atoms with van der Waals surface area (Å²) in [5, 5.41) is 3.54. The molecule has 0 spiro atoms. The van der Waals surface area contributed by atoms with Crippen molar-refractivity contribution < 1.29 is 4.74 Å². The van der Waals surface area contributed by atoms with Crippen molar-refractivity contribution in [2.45, 2.75) is 52.1 Å². The largest absolute Gasteiger partial charge is 0.379 e. The molecule has 0 aromatic rings. The van der Waals surface area contributed by atoms with Crippen molar-refractivity contribution in [2.75, 3.05) is 32.8 Å². The van der Waals surface area contributed by atoms with Crippen molar-refractivity contribution in [3.63, 3.8) is 0 Å². The summed E-state index contributed by atoms with van der Waals surface area (Å²) in [5.41, 5.74) is 0.252. The Morgan fingerprint density at radius 1 is 1.25 bits per heavy atom. The van der Waals surface area contributed by atoms with E-state index in [1.54, 1.807) is 0 Å². The third-order valence-electron chi connectivity index (χ3n) is 3.12. The van der Waals surface area contributed by atoms with Crippen molar-refractivity contribution in [1.82, 2.24) is 10.2 Å². The Bertz CT molecular complexity index is 183. The van der Waals surface area contributed by atoms with E-state index in [0.29, 0.717) is 6.04 Å². The normalized spacial score (nSPS) is 21.0. The van der Waals surface area contributed by atoms with E-state index in [-0.39, 0.29) is 5.54 Å². The zero-order chi connectivity index (χ0) is 12.0. The van der Waals surface area contributed by atoms with Gasteiger partial charge in [-0.15, -0.1) is 0 Å². The van der Waals surface area contributed by atoms with Crippen LogP contribution in [-0.2, 0) is 4.74 Å². The molecule has 1 fully saturated rings. The highest BCUT2D eigenvalue weighted by Gasteiger charge is 2.16. The predicted octanol–water partition coefficient (Wildman–Crippen LogP) is 1.88. The molecule has 16 heavy (non-hydrogen) atoms. The van der Waals surface area contributed by atoms with E-state index in [4.69, 9.17) is 4.74 Å². The summed E-state index contributed by atoms with van der Waals surface area (Å²) < 4.78 is 5.37. The molecular formula is C13H28N2O. The van der Waals surface area contributed by atoms with Crippen molar-refractivity contribution in [3.8, 4) is 0 Å². The Labute approximate surface area is 101 Å². The number of ether oxygens (including phenoxy) is 1. The smallest absolute Gasteiger partial charge is 0.0594 e. The molecule has 0 aromatic carbocycles. The van der Waals surface area contributed by atoms with Crippen LogP contribution in [0.2, 0.25) is 0 Å². The van der Waals surface area contributed by atoms with E-state index in [1.807, 2.05) is 0 Å². The molecule has 0 amide bonds. The van der Waals surface area contributed by atoms with Crippen LogP contribution in [0.25, 0.3) is 0 Å². The van der Waals surface area contributed by atoms with Crippen LogP contribution in [0.15, 0.2) is 0 Å². The van der Waals surface area contributed by atoms with Crippen LogP contribution >= 0.6 is 0 Å². The summed E-state index contributed by atoms with van der Waals surface area (Å²) in [6, 6.07) is 0.700. The van der Waals surface area contributed by atoms with Gasteiger partial charge in [0.05, 0.1) is 13.2 Å². The molecule has 0 saturated carbocycles. The number of rotatable bonds is 5. The quantitative estimate of drug-likeness (QED) is 0.727. The van der Waals surface area contributed by atoms with E-state index in [9.17, 15) is 0 Å². The first-order valence-electron chi connectivity index (χ1n) is 6.56. The summed E-state index contributed by atoms with van der Waals surface area (Å²) in [4.78, 5) is 2.54. The average Bonchev–Trinajstić information content (AvgIpc) is 2.24. The number of nitrogens with zero attached hydrogens (tertiary/aromatic N) is 1. The zero-order valence-electron chi connectivity index (χ0n) is 11.4. The van der Waals surface area contributed by atoms with E-state index in [1.165, 1.54) is 12.8 Å². The van der Waals surface area contributed by atoms with Crippen LogP contribution in [0.4, 0.5) is 0 Å². The molecule has 1 N–H and O–H groups in total. The maximum atomic E-state index is 5.37. The molecule has 0 radical (unpaired) electrons. The van der Waals surface area contributed by atoms with Crippen LogP contribution in [0.5, 0.6) is 0 Å². The van der Waals surface area contributed by atoms with Crippen LogP contribution in [0.3, 0.4) is 0 Å². The topological polar surface area (TPSA) is 24.5 Å². The molecule has 0 aromatic heterocycles. The molecule has 1 heterocycles. The molecule has 1 aliphatic heterocycles. The Balaban J connectivity index is 2.07. The van der Waals surface area contributed by atoms with Gasteiger partial charge in [0.25, 0.3) is 0 Å². The molecule has 1 atom stereocenters. The third-order valence-corrected chi connectivity index (χ3v) is 3.12. The van der Waals surface area contributed by atoms with Crippen LogP contribution < -0.4 is 5.32 Å². The maximum Gasteiger partial charge on any atom is 0.0594 e. The highest BCUT2D eigenvalue weighted by Crippen LogP contribution is 2.09. The lowest BCUT2D eigenvalue weighted by Crippen LogP contribution is -2.42. The van der Waals surface area contributed by atoms with Gasteiger partial charge in [-0.2, -0.15) is 0 Å². The number of nitrogens with one attached hydrogen (secondary N) is 1. The average molecular weight is 228 g/mol. The molecule has 1 aliphatic rings. The first-order valence-corrected chi connectivity index (χ1v) is 6.56. The van der Waals surface area contributed by atoms with Gasteiger partial charge in [0.2, 0.25) is 0 Å². The zero-order valence-corrected chi connectivity index (χ0v) is 11.4. The second-order valence-corrected chi connectivity index (χ2v) is 5.82. The molecule has 1 rings (SSSR count). The lowest BCUT2D eigenvalue weighted by molar-refractivity contribution is 0.0182. The van der Waals surface area contributed by atoms with Gasteiger partial charge in [0.15, 0.2) is 0 Å². The van der Waals surface area contributed by atoms with Gasteiger partial charge in [-0.3, -0.25) is 4.90 Å². The van der Waals surface area contributed by atoms with E-state index in [2.05, 4.69) is 37.9 Å². The minimum Gasteiger partial charge on any atom is -0.379 e. The summed E-state index contributed by atoms with van der Waals surface area (Å²) in [6.07, 6.45) is 2.54. The fraction of sp³-hybridized carbons (Fsp3) is 1.00. The van der Waals surface area contributed by atoms with Crippen molar-refractivity contribution in [1.29, 1.82) is 0 Å². The van der Waals surface area contributed by atoms with Gasteiger partial charge >= 0.3 is 0 Å². The maximum absolute atomic E-state index is 5.37. The molecule has 1 saturated heterocycles. The van der Waals surface area contributed by atoms with Crippen LogP contribution in [-0.4, -0.2) is 49.3 Å². The van der Waals surface area contributed by atoms with Crippen molar-refractivity contribution in [3.05, 3.63) is 0 Å². The minimum absolute atomic E-state index is 0.252. The van der Waals surface area contributed by atoms with Gasteiger partial charge in [-0.25, -0.2) is 0 Å². The molecule has 96 valence electrons. The number of hydrogen-bond acceptors (Lipinski definition) is 3. The monoisotopic (exact) mass is 228 g/mol.